The Bertz CT molecular complexity index is 502. The summed E-state index contributed by atoms with van der Waals surface area (Å²) in [6.07, 6.45) is 3.80. The molecule has 8 heteroatoms. The normalized spacial score (nSPS) is 24.9. The largest absolute Gasteiger partial charge is 0.378 e. The molecule has 2 rings (SSSR count). The first kappa shape index (κ1) is 13.2. The Balaban J connectivity index is 2.09. The van der Waals surface area contributed by atoms with Crippen LogP contribution in [0.5, 0.6) is 0 Å². The molecule has 0 spiro atoms. The predicted octanol–water partition coefficient (Wildman–Crippen LogP) is -0.0954. The molecular weight excluding hydrogens is 256 g/mol. The molecule has 1 fully saturated rings. The third-order valence-electron chi connectivity index (χ3n) is 2.77. The standard InChI is InChI=1S/C10H16N4O3S/c1-7-4-8(2-3-17-7)14-18(15,16)9-5-12-10(11)13-6-9/h5-8,14H,2-4H2,1H3,(H2,11,12,13). The monoisotopic (exact) mass is 272 g/mol. The van der Waals surface area contributed by atoms with E-state index in [-0.39, 0.29) is 23.0 Å². The van der Waals surface area contributed by atoms with Gasteiger partial charge in [-0.1, -0.05) is 0 Å². The number of sulfonamides is 1. The molecule has 0 saturated carbocycles. The van der Waals surface area contributed by atoms with Crippen LogP contribution in [0.2, 0.25) is 0 Å². The Hall–Kier alpha value is -1.25. The van der Waals surface area contributed by atoms with E-state index in [1.807, 2.05) is 6.92 Å². The summed E-state index contributed by atoms with van der Waals surface area (Å²) in [6.45, 7) is 2.49. The molecule has 0 amide bonds. The van der Waals surface area contributed by atoms with Crippen molar-refractivity contribution in [3.63, 3.8) is 0 Å². The zero-order valence-electron chi connectivity index (χ0n) is 10.0. The number of ether oxygens (including phenoxy) is 1. The first-order valence-electron chi connectivity index (χ1n) is 5.69. The fourth-order valence-electron chi connectivity index (χ4n) is 1.86. The molecule has 18 heavy (non-hydrogen) atoms. The van der Waals surface area contributed by atoms with Gasteiger partial charge in [-0.2, -0.15) is 0 Å². The maximum atomic E-state index is 12.0. The van der Waals surface area contributed by atoms with Crippen LogP contribution in [0, 0.1) is 0 Å². The van der Waals surface area contributed by atoms with Crippen LogP contribution >= 0.6 is 0 Å². The van der Waals surface area contributed by atoms with E-state index in [9.17, 15) is 8.42 Å². The molecule has 2 atom stereocenters. The van der Waals surface area contributed by atoms with E-state index in [0.29, 0.717) is 19.4 Å². The lowest BCUT2D eigenvalue weighted by atomic mass is 10.1. The van der Waals surface area contributed by atoms with Gasteiger partial charge in [-0.25, -0.2) is 23.1 Å². The molecule has 100 valence electrons. The van der Waals surface area contributed by atoms with Crippen LogP contribution in [-0.4, -0.2) is 37.1 Å². The summed E-state index contributed by atoms with van der Waals surface area (Å²) >= 11 is 0. The van der Waals surface area contributed by atoms with Gasteiger partial charge in [0.2, 0.25) is 16.0 Å². The van der Waals surface area contributed by atoms with Gasteiger partial charge in [-0.05, 0) is 19.8 Å². The number of nitrogens with two attached hydrogens (primary N) is 1. The first-order valence-corrected chi connectivity index (χ1v) is 7.17. The second-order valence-electron chi connectivity index (χ2n) is 4.30. The fourth-order valence-corrected chi connectivity index (χ4v) is 3.03. The molecule has 1 aromatic heterocycles. The van der Waals surface area contributed by atoms with Crippen LogP contribution in [0.3, 0.4) is 0 Å². The Kier molecular flexibility index (Phi) is 3.79. The summed E-state index contributed by atoms with van der Waals surface area (Å²) in [5.41, 5.74) is 5.32. The van der Waals surface area contributed by atoms with Gasteiger partial charge in [0.1, 0.15) is 4.90 Å². The second kappa shape index (κ2) is 5.17. The highest BCUT2D eigenvalue weighted by Crippen LogP contribution is 2.16. The number of nitrogen functional groups attached to an aromatic ring is 1. The van der Waals surface area contributed by atoms with Crippen LogP contribution in [0.15, 0.2) is 17.3 Å². The zero-order chi connectivity index (χ0) is 13.2. The van der Waals surface area contributed by atoms with Crippen molar-refractivity contribution in [3.8, 4) is 0 Å². The molecule has 0 aliphatic carbocycles. The molecule has 1 saturated heterocycles. The lowest BCUT2D eigenvalue weighted by Crippen LogP contribution is -2.41. The van der Waals surface area contributed by atoms with Gasteiger partial charge in [0.05, 0.1) is 18.5 Å². The highest BCUT2D eigenvalue weighted by Gasteiger charge is 2.25. The smallest absolute Gasteiger partial charge is 0.243 e. The van der Waals surface area contributed by atoms with E-state index in [0.717, 1.165) is 0 Å². The Morgan fingerprint density at radius 1 is 1.44 bits per heavy atom. The van der Waals surface area contributed by atoms with Crippen molar-refractivity contribution in [2.45, 2.75) is 36.8 Å². The number of anilines is 1. The van der Waals surface area contributed by atoms with Crippen LogP contribution in [0.25, 0.3) is 0 Å². The van der Waals surface area contributed by atoms with E-state index in [4.69, 9.17) is 10.5 Å². The van der Waals surface area contributed by atoms with Gasteiger partial charge in [-0.15, -0.1) is 0 Å². The quantitative estimate of drug-likeness (QED) is 0.796. The number of nitrogens with zero attached hydrogens (tertiary/aromatic N) is 2. The number of hydrogen-bond acceptors (Lipinski definition) is 6. The SMILES string of the molecule is CC1CC(NS(=O)(=O)c2cnc(N)nc2)CCO1. The van der Waals surface area contributed by atoms with Gasteiger partial charge in [0.25, 0.3) is 0 Å². The van der Waals surface area contributed by atoms with E-state index in [1.165, 1.54) is 12.4 Å². The topological polar surface area (TPSA) is 107 Å². The molecule has 1 aliphatic rings. The summed E-state index contributed by atoms with van der Waals surface area (Å²) in [7, 11) is -3.59. The maximum Gasteiger partial charge on any atom is 0.243 e. The number of aromatic nitrogens is 2. The average molecular weight is 272 g/mol. The van der Waals surface area contributed by atoms with E-state index >= 15 is 0 Å². The molecule has 0 aromatic carbocycles. The summed E-state index contributed by atoms with van der Waals surface area (Å²) < 4.78 is 32.1. The van der Waals surface area contributed by atoms with E-state index in [1.54, 1.807) is 0 Å². The van der Waals surface area contributed by atoms with Crippen LogP contribution in [0.4, 0.5) is 5.95 Å². The Morgan fingerprint density at radius 3 is 2.72 bits per heavy atom. The minimum absolute atomic E-state index is 0.0239. The Morgan fingerprint density at radius 2 is 2.11 bits per heavy atom. The van der Waals surface area contributed by atoms with Crippen LogP contribution < -0.4 is 10.5 Å². The van der Waals surface area contributed by atoms with Crippen molar-refractivity contribution in [2.75, 3.05) is 12.3 Å². The maximum absolute atomic E-state index is 12.0. The number of nitrogens with one attached hydrogen (secondary N) is 1. The Labute approximate surface area is 106 Å². The van der Waals surface area contributed by atoms with Crippen LogP contribution in [0.1, 0.15) is 19.8 Å². The molecule has 2 heterocycles. The first-order chi connectivity index (χ1) is 8.47. The minimum Gasteiger partial charge on any atom is -0.378 e. The van der Waals surface area contributed by atoms with Crippen molar-refractivity contribution >= 4 is 16.0 Å². The predicted molar refractivity (Wildman–Crippen MR) is 65.2 cm³/mol. The average Bonchev–Trinajstić information content (AvgIpc) is 2.29. The van der Waals surface area contributed by atoms with Crippen molar-refractivity contribution in [1.29, 1.82) is 0 Å². The third kappa shape index (κ3) is 3.15. The van der Waals surface area contributed by atoms with Crippen molar-refractivity contribution < 1.29 is 13.2 Å². The van der Waals surface area contributed by atoms with Gasteiger partial charge in [0.15, 0.2) is 0 Å². The molecule has 7 nitrogen and oxygen atoms in total. The molecule has 1 aliphatic heterocycles. The van der Waals surface area contributed by atoms with Crippen molar-refractivity contribution in [2.24, 2.45) is 0 Å². The van der Waals surface area contributed by atoms with Crippen molar-refractivity contribution in [3.05, 3.63) is 12.4 Å². The lowest BCUT2D eigenvalue weighted by molar-refractivity contribution is 0.0173. The van der Waals surface area contributed by atoms with Gasteiger partial charge in [-0.3, -0.25) is 0 Å². The lowest BCUT2D eigenvalue weighted by Gasteiger charge is -2.27. The number of rotatable bonds is 3. The number of hydrogen-bond donors (Lipinski definition) is 2. The summed E-state index contributed by atoms with van der Waals surface area (Å²) in [5.74, 6) is 0.0497. The third-order valence-corrected chi connectivity index (χ3v) is 4.24. The van der Waals surface area contributed by atoms with Gasteiger partial charge < -0.3 is 10.5 Å². The van der Waals surface area contributed by atoms with Crippen LogP contribution in [-0.2, 0) is 14.8 Å². The molecule has 3 N–H and O–H groups in total. The molecule has 1 aromatic rings. The summed E-state index contributed by atoms with van der Waals surface area (Å²) in [4.78, 5) is 7.38. The summed E-state index contributed by atoms with van der Waals surface area (Å²) in [5, 5.41) is 0. The fraction of sp³-hybridized carbons (Fsp3) is 0.600. The minimum atomic E-state index is -3.59. The molecule has 0 bridgehead atoms. The van der Waals surface area contributed by atoms with Gasteiger partial charge in [0, 0.05) is 12.6 Å². The summed E-state index contributed by atoms with van der Waals surface area (Å²) in [6, 6.07) is -0.115. The van der Waals surface area contributed by atoms with Gasteiger partial charge >= 0.3 is 0 Å². The highest BCUT2D eigenvalue weighted by molar-refractivity contribution is 7.89. The molecule has 0 radical (unpaired) electrons. The highest BCUT2D eigenvalue weighted by atomic mass is 32.2. The molecule has 2 unspecified atom stereocenters. The zero-order valence-corrected chi connectivity index (χ0v) is 10.9. The molecular formula is C10H16N4O3S. The van der Waals surface area contributed by atoms with E-state index in [2.05, 4.69) is 14.7 Å². The second-order valence-corrected chi connectivity index (χ2v) is 6.01. The van der Waals surface area contributed by atoms with Crippen molar-refractivity contribution in [1.82, 2.24) is 14.7 Å². The van der Waals surface area contributed by atoms with E-state index < -0.39 is 10.0 Å².